The molecule has 0 aliphatic heterocycles. The van der Waals surface area contributed by atoms with E-state index in [1.54, 1.807) is 48.5 Å². The van der Waals surface area contributed by atoms with Gasteiger partial charge in [-0.05, 0) is 74.1 Å². The Balaban J connectivity index is 1.89. The third-order valence-electron chi connectivity index (χ3n) is 3.56. The lowest BCUT2D eigenvalue weighted by atomic mass is 10.2. The number of carbonyl (C=O) groups is 2. The first-order chi connectivity index (χ1) is 13.0. The summed E-state index contributed by atoms with van der Waals surface area (Å²) in [5, 5.41) is 8.46. The zero-order chi connectivity index (χ0) is 19.6. The van der Waals surface area contributed by atoms with Gasteiger partial charge in [0.25, 0.3) is 11.8 Å². The Bertz CT molecular complexity index is 789. The lowest BCUT2D eigenvalue weighted by Crippen LogP contribution is -2.34. The van der Waals surface area contributed by atoms with E-state index in [1.165, 1.54) is 0 Å². The molecule has 0 aliphatic carbocycles. The van der Waals surface area contributed by atoms with Crippen LogP contribution in [0.25, 0.3) is 0 Å². The van der Waals surface area contributed by atoms with Crippen LogP contribution in [0.4, 0.5) is 5.69 Å². The van der Waals surface area contributed by atoms with Crippen LogP contribution in [0.3, 0.4) is 0 Å². The van der Waals surface area contributed by atoms with Crippen LogP contribution in [0.15, 0.2) is 48.5 Å². The van der Waals surface area contributed by atoms with Gasteiger partial charge in [0.1, 0.15) is 5.75 Å². The summed E-state index contributed by atoms with van der Waals surface area (Å²) in [6.45, 7) is 5.10. The van der Waals surface area contributed by atoms with E-state index in [1.807, 2.05) is 13.8 Å². The van der Waals surface area contributed by atoms with Crippen LogP contribution in [-0.2, 0) is 0 Å². The fourth-order valence-corrected chi connectivity index (χ4v) is 2.44. The van der Waals surface area contributed by atoms with E-state index in [-0.39, 0.29) is 16.9 Å². The first-order valence-electron chi connectivity index (χ1n) is 8.77. The lowest BCUT2D eigenvalue weighted by Gasteiger charge is -2.11. The zero-order valence-corrected chi connectivity index (χ0v) is 16.2. The second-order valence-corrected chi connectivity index (χ2v) is 6.13. The SMILES string of the molecule is CCCOc1ccc(C(=O)NC(=S)Nc2ccc(C(=O)NCC)cc2)cc1. The zero-order valence-electron chi connectivity index (χ0n) is 15.4. The van der Waals surface area contributed by atoms with Gasteiger partial charge in [0.05, 0.1) is 6.61 Å². The molecule has 0 saturated carbocycles. The molecule has 0 radical (unpaired) electrons. The van der Waals surface area contributed by atoms with Gasteiger partial charge < -0.3 is 15.4 Å². The topological polar surface area (TPSA) is 79.5 Å². The quantitative estimate of drug-likeness (QED) is 0.637. The Kier molecular flexibility index (Phi) is 7.76. The summed E-state index contributed by atoms with van der Waals surface area (Å²) in [7, 11) is 0. The molecule has 2 amide bonds. The van der Waals surface area contributed by atoms with E-state index in [9.17, 15) is 9.59 Å². The Morgan fingerprint density at radius 1 is 0.926 bits per heavy atom. The van der Waals surface area contributed by atoms with Crippen LogP contribution in [0.5, 0.6) is 5.75 Å². The van der Waals surface area contributed by atoms with Crippen molar-refractivity contribution in [1.29, 1.82) is 0 Å². The molecule has 2 aromatic rings. The van der Waals surface area contributed by atoms with Gasteiger partial charge in [0, 0.05) is 23.4 Å². The third kappa shape index (κ3) is 6.38. The first kappa shape index (κ1) is 20.4. The number of amides is 2. The number of hydrogen-bond acceptors (Lipinski definition) is 4. The Morgan fingerprint density at radius 3 is 2.11 bits per heavy atom. The van der Waals surface area contributed by atoms with Crippen LogP contribution in [-0.4, -0.2) is 30.1 Å². The van der Waals surface area contributed by atoms with Gasteiger partial charge in [-0.3, -0.25) is 14.9 Å². The molecule has 0 heterocycles. The Morgan fingerprint density at radius 2 is 1.52 bits per heavy atom. The van der Waals surface area contributed by atoms with Crippen molar-refractivity contribution in [3.63, 3.8) is 0 Å². The predicted octanol–water partition coefficient (Wildman–Crippen LogP) is 3.35. The molecule has 27 heavy (non-hydrogen) atoms. The largest absolute Gasteiger partial charge is 0.494 e. The highest BCUT2D eigenvalue weighted by atomic mass is 32.1. The molecule has 0 aromatic heterocycles. The van der Waals surface area contributed by atoms with Crippen LogP contribution in [0, 0.1) is 0 Å². The first-order valence-corrected chi connectivity index (χ1v) is 9.17. The number of nitrogens with one attached hydrogen (secondary N) is 3. The molecule has 0 atom stereocenters. The minimum atomic E-state index is -0.312. The highest BCUT2D eigenvalue weighted by Crippen LogP contribution is 2.13. The highest BCUT2D eigenvalue weighted by Gasteiger charge is 2.09. The second kappa shape index (κ2) is 10.3. The number of anilines is 1. The van der Waals surface area contributed by atoms with E-state index in [0.29, 0.717) is 30.0 Å². The summed E-state index contributed by atoms with van der Waals surface area (Å²) >= 11 is 5.17. The second-order valence-electron chi connectivity index (χ2n) is 5.72. The molecule has 7 heteroatoms. The minimum Gasteiger partial charge on any atom is -0.494 e. The van der Waals surface area contributed by atoms with Crippen molar-refractivity contribution in [2.75, 3.05) is 18.5 Å². The number of hydrogen-bond donors (Lipinski definition) is 3. The average molecular weight is 385 g/mol. The smallest absolute Gasteiger partial charge is 0.257 e. The third-order valence-corrected chi connectivity index (χ3v) is 3.76. The van der Waals surface area contributed by atoms with Crippen LogP contribution >= 0.6 is 12.2 Å². The van der Waals surface area contributed by atoms with E-state index >= 15 is 0 Å². The highest BCUT2D eigenvalue weighted by molar-refractivity contribution is 7.80. The number of benzene rings is 2. The van der Waals surface area contributed by atoms with Crippen molar-refractivity contribution in [1.82, 2.24) is 10.6 Å². The van der Waals surface area contributed by atoms with Crippen LogP contribution in [0.2, 0.25) is 0 Å². The predicted molar refractivity (Wildman–Crippen MR) is 110 cm³/mol. The fraction of sp³-hybridized carbons (Fsp3) is 0.250. The number of carbonyl (C=O) groups excluding carboxylic acids is 2. The summed E-state index contributed by atoms with van der Waals surface area (Å²) in [6.07, 6.45) is 0.923. The van der Waals surface area contributed by atoms with Gasteiger partial charge in [-0.2, -0.15) is 0 Å². The number of thiocarbonyl (C=S) groups is 1. The standard InChI is InChI=1S/C20H23N3O3S/c1-3-13-26-17-11-7-15(8-12-17)19(25)23-20(27)22-16-9-5-14(6-10-16)18(24)21-4-2/h5-12H,3-4,13H2,1-2H3,(H,21,24)(H2,22,23,25,27). The summed E-state index contributed by atoms with van der Waals surface area (Å²) in [5.41, 5.74) is 1.72. The Hall–Kier alpha value is -2.93. The Labute approximate surface area is 164 Å². The molecular weight excluding hydrogens is 362 g/mol. The molecule has 2 aromatic carbocycles. The van der Waals surface area contributed by atoms with Crippen LogP contribution < -0.4 is 20.7 Å². The summed E-state index contributed by atoms with van der Waals surface area (Å²) < 4.78 is 5.49. The molecule has 0 bridgehead atoms. The van der Waals surface area contributed by atoms with Gasteiger partial charge in [-0.1, -0.05) is 6.92 Å². The molecule has 0 saturated heterocycles. The molecule has 0 fully saturated rings. The fourth-order valence-electron chi connectivity index (χ4n) is 2.23. The van der Waals surface area contributed by atoms with Gasteiger partial charge in [0.15, 0.2) is 5.11 Å². The molecule has 2 rings (SSSR count). The summed E-state index contributed by atoms with van der Waals surface area (Å²) in [5.74, 6) is 0.279. The molecule has 0 spiro atoms. The summed E-state index contributed by atoms with van der Waals surface area (Å²) in [4.78, 5) is 24.0. The van der Waals surface area contributed by atoms with Crippen molar-refractivity contribution in [2.45, 2.75) is 20.3 Å². The average Bonchev–Trinajstić information content (AvgIpc) is 2.67. The summed E-state index contributed by atoms with van der Waals surface area (Å²) in [6, 6.07) is 13.7. The van der Waals surface area contributed by atoms with Gasteiger partial charge in [0.2, 0.25) is 0 Å². The van der Waals surface area contributed by atoms with Gasteiger partial charge in [-0.15, -0.1) is 0 Å². The monoisotopic (exact) mass is 385 g/mol. The van der Waals surface area contributed by atoms with Gasteiger partial charge in [-0.25, -0.2) is 0 Å². The minimum absolute atomic E-state index is 0.133. The maximum Gasteiger partial charge on any atom is 0.257 e. The molecule has 142 valence electrons. The molecule has 6 nitrogen and oxygen atoms in total. The molecular formula is C20H23N3O3S. The van der Waals surface area contributed by atoms with E-state index in [4.69, 9.17) is 17.0 Å². The number of ether oxygens (including phenoxy) is 1. The van der Waals surface area contributed by atoms with Crippen molar-refractivity contribution in [2.24, 2.45) is 0 Å². The maximum absolute atomic E-state index is 12.3. The number of rotatable bonds is 7. The van der Waals surface area contributed by atoms with E-state index in [0.717, 1.165) is 12.2 Å². The van der Waals surface area contributed by atoms with Crippen molar-refractivity contribution < 1.29 is 14.3 Å². The van der Waals surface area contributed by atoms with Crippen LogP contribution in [0.1, 0.15) is 41.0 Å². The normalized spacial score (nSPS) is 10.0. The van der Waals surface area contributed by atoms with E-state index < -0.39 is 0 Å². The van der Waals surface area contributed by atoms with Crippen molar-refractivity contribution in [3.8, 4) is 5.75 Å². The molecule has 3 N–H and O–H groups in total. The molecule has 0 aliphatic rings. The maximum atomic E-state index is 12.3. The van der Waals surface area contributed by atoms with Gasteiger partial charge >= 0.3 is 0 Å². The molecule has 0 unspecified atom stereocenters. The lowest BCUT2D eigenvalue weighted by molar-refractivity contribution is 0.0953. The van der Waals surface area contributed by atoms with Crippen molar-refractivity contribution >= 4 is 34.8 Å². The van der Waals surface area contributed by atoms with Crippen molar-refractivity contribution in [3.05, 3.63) is 59.7 Å². The van der Waals surface area contributed by atoms with E-state index in [2.05, 4.69) is 16.0 Å².